The minimum Gasteiger partial charge on any atom is -0.454 e. The Morgan fingerprint density at radius 3 is 2.67 bits per heavy atom. The quantitative estimate of drug-likeness (QED) is 0.701. The van der Waals surface area contributed by atoms with E-state index in [1.807, 2.05) is 12.3 Å². The smallest absolute Gasteiger partial charge is 0.231 e. The van der Waals surface area contributed by atoms with E-state index < -0.39 is 0 Å². The lowest BCUT2D eigenvalue weighted by molar-refractivity contribution is 0.174. The lowest BCUT2D eigenvalue weighted by atomic mass is 10.1. The molecule has 24 heavy (non-hydrogen) atoms. The molecule has 2 aromatic carbocycles. The third-order valence-electron chi connectivity index (χ3n) is 4.80. The van der Waals surface area contributed by atoms with Crippen LogP contribution >= 0.6 is 0 Å². The van der Waals surface area contributed by atoms with E-state index in [4.69, 9.17) is 9.47 Å². The highest BCUT2D eigenvalue weighted by molar-refractivity contribution is 5.61. The summed E-state index contributed by atoms with van der Waals surface area (Å²) in [6.45, 7) is 1.11. The molecule has 0 spiro atoms. The first-order valence-electron chi connectivity index (χ1n) is 8.42. The summed E-state index contributed by atoms with van der Waals surface area (Å²) in [6.07, 6.45) is 4.69. The molecule has 1 aromatic heterocycles. The Kier molecular flexibility index (Phi) is 3.12. The molecule has 1 aliphatic heterocycles. The Morgan fingerprint density at radius 1 is 1.00 bits per heavy atom. The van der Waals surface area contributed by atoms with Gasteiger partial charge in [-0.25, -0.2) is 0 Å². The highest BCUT2D eigenvalue weighted by Gasteiger charge is 2.23. The van der Waals surface area contributed by atoms with E-state index in [0.717, 1.165) is 24.0 Å². The summed E-state index contributed by atoms with van der Waals surface area (Å²) < 4.78 is 13.1. The molecule has 0 saturated heterocycles. The van der Waals surface area contributed by atoms with Gasteiger partial charge >= 0.3 is 0 Å². The zero-order chi connectivity index (χ0) is 15.9. The van der Waals surface area contributed by atoms with Gasteiger partial charge in [-0.3, -0.25) is 0 Å². The van der Waals surface area contributed by atoms with Crippen molar-refractivity contribution in [3.8, 4) is 22.8 Å². The van der Waals surface area contributed by atoms with Gasteiger partial charge in [0.25, 0.3) is 0 Å². The van der Waals surface area contributed by atoms with E-state index in [2.05, 4.69) is 53.1 Å². The van der Waals surface area contributed by atoms with E-state index in [0.29, 0.717) is 6.79 Å². The molecule has 3 nitrogen and oxygen atoms in total. The lowest BCUT2D eigenvalue weighted by Crippen LogP contribution is -2.00. The molecule has 5 rings (SSSR count). The van der Waals surface area contributed by atoms with Crippen LogP contribution in [-0.2, 0) is 6.54 Å². The van der Waals surface area contributed by atoms with Crippen LogP contribution in [0.1, 0.15) is 29.9 Å². The van der Waals surface area contributed by atoms with Crippen molar-refractivity contribution in [3.63, 3.8) is 0 Å². The molecule has 2 heterocycles. The van der Waals surface area contributed by atoms with Gasteiger partial charge in [0.2, 0.25) is 6.79 Å². The first kappa shape index (κ1) is 13.7. The van der Waals surface area contributed by atoms with Crippen molar-refractivity contribution >= 4 is 0 Å². The molecule has 3 aromatic rings. The van der Waals surface area contributed by atoms with Crippen LogP contribution in [0.5, 0.6) is 11.5 Å². The maximum atomic E-state index is 5.48. The molecular weight excluding hydrogens is 298 g/mol. The number of hydrogen-bond acceptors (Lipinski definition) is 2. The van der Waals surface area contributed by atoms with Crippen molar-refractivity contribution in [1.29, 1.82) is 0 Å². The summed E-state index contributed by atoms with van der Waals surface area (Å²) in [5, 5.41) is 0. The first-order valence-corrected chi connectivity index (χ1v) is 8.42. The zero-order valence-corrected chi connectivity index (χ0v) is 13.4. The molecule has 0 bridgehead atoms. The summed E-state index contributed by atoms with van der Waals surface area (Å²) in [6, 6.07) is 20.4. The zero-order valence-electron chi connectivity index (χ0n) is 13.4. The Morgan fingerprint density at radius 2 is 1.83 bits per heavy atom. The van der Waals surface area contributed by atoms with Crippen LogP contribution in [0.25, 0.3) is 11.3 Å². The van der Waals surface area contributed by atoms with Gasteiger partial charge < -0.3 is 14.0 Å². The summed E-state index contributed by atoms with van der Waals surface area (Å²) >= 11 is 0. The third kappa shape index (κ3) is 2.46. The molecule has 0 atom stereocenters. The van der Waals surface area contributed by atoms with Gasteiger partial charge in [0, 0.05) is 24.5 Å². The predicted molar refractivity (Wildman–Crippen MR) is 92.3 cm³/mol. The molecule has 1 fully saturated rings. The normalized spacial score (nSPS) is 15.7. The topological polar surface area (TPSA) is 23.4 Å². The molecule has 1 saturated carbocycles. The van der Waals surface area contributed by atoms with Crippen LogP contribution < -0.4 is 9.47 Å². The fraction of sp³-hybridized carbons (Fsp3) is 0.238. The van der Waals surface area contributed by atoms with Gasteiger partial charge in [-0.1, -0.05) is 30.3 Å². The standard InChI is InChI=1S/C21H18NO2/c1-2-19(18-8-6-17(7-9-18)16-4-5-16)22(11-1)13-15-3-10-20-21(12-15)24-14-23-20/h2-3,6-12,16H,4-5,13-14H2. The van der Waals surface area contributed by atoms with Crippen molar-refractivity contribution in [1.82, 2.24) is 4.57 Å². The Hall–Kier alpha value is -2.68. The SMILES string of the molecule is [c]1cc(-c2ccc(C3CC3)cc2)n(Cc2ccc3c(c2)OCO3)c1. The van der Waals surface area contributed by atoms with Gasteiger partial charge in [0.1, 0.15) is 0 Å². The number of aromatic nitrogens is 1. The summed E-state index contributed by atoms with van der Waals surface area (Å²) in [5.41, 5.74) is 5.09. The molecule has 3 heteroatoms. The highest BCUT2D eigenvalue weighted by atomic mass is 16.7. The minimum absolute atomic E-state index is 0.314. The fourth-order valence-electron chi connectivity index (χ4n) is 3.32. The van der Waals surface area contributed by atoms with Gasteiger partial charge in [0.05, 0.1) is 0 Å². The van der Waals surface area contributed by atoms with Gasteiger partial charge in [0.15, 0.2) is 11.5 Å². The van der Waals surface area contributed by atoms with Gasteiger partial charge in [-0.2, -0.15) is 0 Å². The van der Waals surface area contributed by atoms with E-state index in [1.165, 1.54) is 35.2 Å². The maximum Gasteiger partial charge on any atom is 0.231 e. The Balaban J connectivity index is 1.42. The van der Waals surface area contributed by atoms with Crippen molar-refractivity contribution in [2.24, 2.45) is 0 Å². The second-order valence-electron chi connectivity index (χ2n) is 6.54. The Bertz CT molecular complexity index is 875. The predicted octanol–water partition coefficient (Wildman–Crippen LogP) is 4.61. The van der Waals surface area contributed by atoms with Crippen LogP contribution in [0.15, 0.2) is 54.7 Å². The molecule has 1 aliphatic carbocycles. The molecule has 119 valence electrons. The molecule has 1 radical (unpaired) electrons. The number of rotatable bonds is 4. The van der Waals surface area contributed by atoms with Crippen LogP contribution in [0, 0.1) is 6.07 Å². The van der Waals surface area contributed by atoms with E-state index in [9.17, 15) is 0 Å². The van der Waals surface area contributed by atoms with Crippen LogP contribution in [0.3, 0.4) is 0 Å². The fourth-order valence-corrected chi connectivity index (χ4v) is 3.32. The monoisotopic (exact) mass is 316 g/mol. The summed E-state index contributed by atoms with van der Waals surface area (Å²) in [7, 11) is 0. The van der Waals surface area contributed by atoms with Crippen molar-refractivity contribution < 1.29 is 9.47 Å². The lowest BCUT2D eigenvalue weighted by Gasteiger charge is -2.11. The molecule has 0 unspecified atom stereocenters. The maximum absolute atomic E-state index is 5.48. The number of ether oxygens (including phenoxy) is 2. The van der Waals surface area contributed by atoms with E-state index in [-0.39, 0.29) is 0 Å². The highest BCUT2D eigenvalue weighted by Crippen LogP contribution is 2.40. The molecule has 2 aliphatic rings. The molecule has 0 N–H and O–H groups in total. The first-order chi connectivity index (χ1) is 11.9. The number of nitrogens with zero attached hydrogens (tertiary/aromatic N) is 1. The van der Waals surface area contributed by atoms with Gasteiger partial charge in [-0.15, -0.1) is 0 Å². The second kappa shape index (κ2) is 5.45. The number of benzene rings is 2. The minimum atomic E-state index is 0.314. The van der Waals surface area contributed by atoms with Crippen molar-refractivity contribution in [2.75, 3.05) is 6.79 Å². The van der Waals surface area contributed by atoms with Crippen LogP contribution in [0.2, 0.25) is 0 Å². The van der Waals surface area contributed by atoms with Crippen LogP contribution in [0.4, 0.5) is 0 Å². The average Bonchev–Trinajstić information content (AvgIpc) is 3.19. The molecule has 0 amide bonds. The van der Waals surface area contributed by atoms with E-state index >= 15 is 0 Å². The number of fused-ring (bicyclic) bond motifs is 1. The average molecular weight is 316 g/mol. The largest absolute Gasteiger partial charge is 0.454 e. The molecular formula is C21H18NO2. The summed E-state index contributed by atoms with van der Waals surface area (Å²) in [4.78, 5) is 0. The van der Waals surface area contributed by atoms with Crippen molar-refractivity contribution in [3.05, 3.63) is 71.9 Å². The van der Waals surface area contributed by atoms with Crippen molar-refractivity contribution in [2.45, 2.75) is 25.3 Å². The van der Waals surface area contributed by atoms with Crippen LogP contribution in [-0.4, -0.2) is 11.4 Å². The van der Waals surface area contributed by atoms with E-state index in [1.54, 1.807) is 0 Å². The number of hydrogen-bond donors (Lipinski definition) is 0. The van der Waals surface area contributed by atoms with Gasteiger partial charge in [-0.05, 0) is 53.6 Å². The Labute approximate surface area is 141 Å². The summed E-state index contributed by atoms with van der Waals surface area (Å²) in [5.74, 6) is 2.46. The second-order valence-corrected chi connectivity index (χ2v) is 6.54. The third-order valence-corrected chi connectivity index (χ3v) is 4.80.